The van der Waals surface area contributed by atoms with E-state index in [9.17, 15) is 9.90 Å². The second kappa shape index (κ2) is 6.76. The van der Waals surface area contributed by atoms with Crippen LogP contribution < -0.4 is 9.47 Å². The smallest absolute Gasteiger partial charge is 0.507 e. The summed E-state index contributed by atoms with van der Waals surface area (Å²) in [7, 11) is 0. The number of phenols is 1. The molecule has 0 radical (unpaired) electrons. The van der Waals surface area contributed by atoms with E-state index in [0.717, 1.165) is 58.7 Å². The largest absolute Gasteiger partial charge is 0.519 e. The van der Waals surface area contributed by atoms with Crippen LogP contribution in [-0.2, 0) is 11.8 Å². The van der Waals surface area contributed by atoms with Gasteiger partial charge in [0.05, 0.1) is 0 Å². The third-order valence-electron chi connectivity index (χ3n) is 6.97. The number of hydrogen-bond acceptors (Lipinski definition) is 4. The predicted molar refractivity (Wildman–Crippen MR) is 117 cm³/mol. The van der Waals surface area contributed by atoms with Crippen LogP contribution in [0.2, 0.25) is 0 Å². The third-order valence-corrected chi connectivity index (χ3v) is 6.97. The summed E-state index contributed by atoms with van der Waals surface area (Å²) in [5, 5.41) is 12.7. The Hall–Kier alpha value is -3.01. The summed E-state index contributed by atoms with van der Waals surface area (Å²) in [6.07, 6.45) is 3.20. The quantitative estimate of drug-likeness (QED) is 0.399. The van der Waals surface area contributed by atoms with E-state index in [2.05, 4.69) is 13.8 Å². The molecule has 0 heterocycles. The molecule has 1 saturated carbocycles. The lowest BCUT2D eigenvalue weighted by Gasteiger charge is -2.28. The highest BCUT2D eigenvalue weighted by atomic mass is 16.7. The van der Waals surface area contributed by atoms with Crippen molar-refractivity contribution in [3.8, 4) is 17.2 Å². The molecule has 2 atom stereocenters. The summed E-state index contributed by atoms with van der Waals surface area (Å²) in [5.74, 6) is 1.68. The number of hydrogen-bond donors (Lipinski definition) is 1. The number of aromatic hydroxyl groups is 1. The molecule has 4 heteroatoms. The van der Waals surface area contributed by atoms with Gasteiger partial charge in [-0.15, -0.1) is 0 Å². The maximum absolute atomic E-state index is 12.8. The van der Waals surface area contributed by atoms with E-state index in [1.54, 1.807) is 6.07 Å². The highest BCUT2D eigenvalue weighted by Crippen LogP contribution is 2.63. The molecule has 4 nitrogen and oxygen atoms in total. The molecule has 3 aromatic rings. The fourth-order valence-corrected chi connectivity index (χ4v) is 5.42. The second-order valence-corrected chi connectivity index (χ2v) is 8.92. The maximum atomic E-state index is 12.8. The number of fused-ring (bicyclic) bond motifs is 6. The number of benzene rings is 3. The fourth-order valence-electron chi connectivity index (χ4n) is 5.42. The molecule has 154 valence electrons. The van der Waals surface area contributed by atoms with Crippen molar-refractivity contribution in [2.45, 2.75) is 57.8 Å². The average Bonchev–Trinajstić information content (AvgIpc) is 3.26. The number of carbonyl (C=O) groups excluding carboxylic acids is 1. The van der Waals surface area contributed by atoms with Crippen molar-refractivity contribution in [3.63, 3.8) is 0 Å². The molecule has 0 amide bonds. The van der Waals surface area contributed by atoms with Crippen LogP contribution in [0.25, 0.3) is 10.8 Å². The fraction of sp³-hybridized carbons (Fsp3) is 0.346. The minimum absolute atomic E-state index is 0.0697. The van der Waals surface area contributed by atoms with Gasteiger partial charge in [-0.1, -0.05) is 44.2 Å². The van der Waals surface area contributed by atoms with Crippen molar-refractivity contribution >= 4 is 16.9 Å². The SMILES string of the molecule is CCc1ccc2c(O)c3c(c(OC(=O)Oc4ccccc4C)c2c1)C1CCC3(C)C1. The van der Waals surface area contributed by atoms with Crippen LogP contribution in [0.3, 0.4) is 0 Å². The first kappa shape index (κ1) is 19.0. The van der Waals surface area contributed by atoms with Gasteiger partial charge in [-0.05, 0) is 67.2 Å². The lowest BCUT2D eigenvalue weighted by Crippen LogP contribution is -2.19. The van der Waals surface area contributed by atoms with Gasteiger partial charge >= 0.3 is 6.16 Å². The average molecular weight is 402 g/mol. The molecule has 0 saturated heterocycles. The Morgan fingerprint density at radius 2 is 1.97 bits per heavy atom. The van der Waals surface area contributed by atoms with Gasteiger partial charge < -0.3 is 14.6 Å². The van der Waals surface area contributed by atoms with E-state index in [-0.39, 0.29) is 5.41 Å². The van der Waals surface area contributed by atoms with Crippen LogP contribution in [-0.4, -0.2) is 11.3 Å². The highest BCUT2D eigenvalue weighted by Gasteiger charge is 2.50. The summed E-state index contributed by atoms with van der Waals surface area (Å²) in [6, 6.07) is 13.4. The number of carbonyl (C=O) groups is 1. The molecule has 3 aromatic carbocycles. The van der Waals surface area contributed by atoms with Crippen LogP contribution in [0.1, 0.15) is 61.3 Å². The molecular formula is C26H26O4. The normalized spacial score (nSPS) is 21.6. The molecule has 0 aromatic heterocycles. The van der Waals surface area contributed by atoms with E-state index in [1.807, 2.05) is 43.3 Å². The van der Waals surface area contributed by atoms with Crippen LogP contribution >= 0.6 is 0 Å². The minimum atomic E-state index is -0.742. The molecule has 1 fully saturated rings. The van der Waals surface area contributed by atoms with Gasteiger partial charge in [0.1, 0.15) is 17.2 Å². The summed E-state index contributed by atoms with van der Waals surface area (Å²) in [5.41, 5.74) is 3.88. The van der Waals surface area contributed by atoms with Gasteiger partial charge in [-0.25, -0.2) is 4.79 Å². The van der Waals surface area contributed by atoms with Gasteiger partial charge in [0.25, 0.3) is 0 Å². The molecule has 5 rings (SSSR count). The third kappa shape index (κ3) is 2.78. The Balaban J connectivity index is 1.65. The van der Waals surface area contributed by atoms with Crippen molar-refractivity contribution in [1.29, 1.82) is 0 Å². The number of aryl methyl sites for hydroxylation is 2. The molecule has 1 N–H and O–H groups in total. The Kier molecular flexibility index (Phi) is 4.28. The van der Waals surface area contributed by atoms with Gasteiger partial charge in [0, 0.05) is 21.9 Å². The second-order valence-electron chi connectivity index (χ2n) is 8.92. The Morgan fingerprint density at radius 1 is 1.17 bits per heavy atom. The zero-order chi connectivity index (χ0) is 21.0. The summed E-state index contributed by atoms with van der Waals surface area (Å²) in [6.45, 7) is 6.19. The molecule has 2 aliphatic rings. The topological polar surface area (TPSA) is 55.8 Å². The van der Waals surface area contributed by atoms with Crippen molar-refractivity contribution in [3.05, 3.63) is 64.7 Å². The molecule has 2 aliphatic carbocycles. The first-order valence-electron chi connectivity index (χ1n) is 10.7. The van der Waals surface area contributed by atoms with Gasteiger partial charge in [-0.3, -0.25) is 0 Å². The Bertz CT molecular complexity index is 1180. The maximum Gasteiger partial charge on any atom is 0.519 e. The van der Waals surface area contributed by atoms with Crippen LogP contribution in [0.5, 0.6) is 17.2 Å². The van der Waals surface area contributed by atoms with E-state index in [0.29, 0.717) is 23.2 Å². The molecule has 30 heavy (non-hydrogen) atoms. The Labute approximate surface area is 176 Å². The highest BCUT2D eigenvalue weighted by molar-refractivity contribution is 5.98. The number of para-hydroxylation sites is 1. The molecule has 0 spiro atoms. The first-order chi connectivity index (χ1) is 14.4. The number of ether oxygens (including phenoxy) is 2. The first-order valence-corrected chi connectivity index (χ1v) is 10.7. The molecule has 2 unspecified atom stereocenters. The lowest BCUT2D eigenvalue weighted by molar-refractivity contribution is 0.151. The van der Waals surface area contributed by atoms with Crippen LogP contribution in [0, 0.1) is 6.92 Å². The minimum Gasteiger partial charge on any atom is -0.507 e. The lowest BCUT2D eigenvalue weighted by atomic mass is 9.78. The van der Waals surface area contributed by atoms with Gasteiger partial charge in [-0.2, -0.15) is 0 Å². The van der Waals surface area contributed by atoms with E-state index in [1.165, 1.54) is 0 Å². The Morgan fingerprint density at radius 3 is 2.73 bits per heavy atom. The van der Waals surface area contributed by atoms with E-state index < -0.39 is 6.16 Å². The van der Waals surface area contributed by atoms with Crippen molar-refractivity contribution in [2.24, 2.45) is 0 Å². The van der Waals surface area contributed by atoms with E-state index >= 15 is 0 Å². The standard InChI is InChI=1S/C26H26O4/c1-4-16-9-10-18-19(13-16)24(30-25(28)29-20-8-6-5-7-15(20)2)21-17-11-12-26(3,14-17)22(21)23(18)27/h5-10,13,17,27H,4,11-12,14H2,1-3H3. The van der Waals surface area contributed by atoms with Gasteiger partial charge in [0.2, 0.25) is 0 Å². The van der Waals surface area contributed by atoms with Crippen LogP contribution in [0.15, 0.2) is 42.5 Å². The summed E-state index contributed by atoms with van der Waals surface area (Å²) >= 11 is 0. The van der Waals surface area contributed by atoms with Crippen LogP contribution in [0.4, 0.5) is 4.79 Å². The van der Waals surface area contributed by atoms with Crippen molar-refractivity contribution in [1.82, 2.24) is 0 Å². The summed E-state index contributed by atoms with van der Waals surface area (Å²) < 4.78 is 11.4. The van der Waals surface area contributed by atoms with E-state index in [4.69, 9.17) is 9.47 Å². The zero-order valence-corrected chi connectivity index (χ0v) is 17.6. The van der Waals surface area contributed by atoms with Crippen molar-refractivity contribution < 1.29 is 19.4 Å². The van der Waals surface area contributed by atoms with Crippen molar-refractivity contribution in [2.75, 3.05) is 0 Å². The summed E-state index contributed by atoms with van der Waals surface area (Å²) in [4.78, 5) is 12.8. The monoisotopic (exact) mass is 402 g/mol. The number of phenolic OH excluding ortho intramolecular Hbond substituents is 1. The molecular weight excluding hydrogens is 376 g/mol. The number of rotatable bonds is 3. The van der Waals surface area contributed by atoms with Gasteiger partial charge in [0.15, 0.2) is 0 Å². The molecule has 0 aliphatic heterocycles. The predicted octanol–water partition coefficient (Wildman–Crippen LogP) is 6.53. The zero-order valence-electron chi connectivity index (χ0n) is 17.6. The molecule has 2 bridgehead atoms.